The first-order valence-electron chi connectivity index (χ1n) is 5.68. The highest BCUT2D eigenvalue weighted by Gasteiger charge is 2.16. The zero-order valence-electron chi connectivity index (χ0n) is 9.64. The summed E-state index contributed by atoms with van der Waals surface area (Å²) in [6.07, 6.45) is -0.514. The molecule has 88 valence electrons. The molecule has 17 heavy (non-hydrogen) atoms. The maximum absolute atomic E-state index is 10.3. The van der Waals surface area contributed by atoms with Crippen LogP contribution in [0.15, 0.2) is 30.3 Å². The maximum Gasteiger partial charge on any atom is 0.113 e. The number of aliphatic hydroxyl groups excluding tert-OH is 1. The minimum atomic E-state index is -0.514. The Balaban J connectivity index is 1.94. The van der Waals surface area contributed by atoms with E-state index in [0.29, 0.717) is 13.2 Å². The lowest BCUT2D eigenvalue weighted by Crippen LogP contribution is -1.98. The second-order valence-corrected chi connectivity index (χ2v) is 5.69. The smallest absolute Gasteiger partial charge is 0.113 e. The number of aryl methyl sites for hydroxylation is 1. The second kappa shape index (κ2) is 4.26. The molecule has 1 aliphatic rings. The van der Waals surface area contributed by atoms with Crippen LogP contribution in [0.1, 0.15) is 32.5 Å². The number of ether oxygens (including phenoxy) is 1. The van der Waals surface area contributed by atoms with Gasteiger partial charge in [0, 0.05) is 9.75 Å². The summed E-state index contributed by atoms with van der Waals surface area (Å²) in [4.78, 5) is 2.23. The molecule has 1 aromatic heterocycles. The van der Waals surface area contributed by atoms with Crippen molar-refractivity contribution in [3.8, 4) is 0 Å². The molecule has 0 amide bonds. The normalized spacial score (nSPS) is 15.9. The molecule has 0 spiro atoms. The number of hydrogen-bond acceptors (Lipinski definition) is 3. The fourth-order valence-corrected chi connectivity index (χ4v) is 3.02. The highest BCUT2D eigenvalue weighted by Crippen LogP contribution is 2.30. The molecule has 3 rings (SSSR count). The van der Waals surface area contributed by atoms with Crippen molar-refractivity contribution in [1.29, 1.82) is 0 Å². The van der Waals surface area contributed by atoms with Gasteiger partial charge in [-0.25, -0.2) is 0 Å². The van der Waals surface area contributed by atoms with Gasteiger partial charge in [-0.3, -0.25) is 0 Å². The Morgan fingerprint density at radius 2 is 2.00 bits per heavy atom. The first-order valence-corrected chi connectivity index (χ1v) is 6.49. The largest absolute Gasteiger partial charge is 0.383 e. The summed E-state index contributed by atoms with van der Waals surface area (Å²) in [5.74, 6) is 0. The van der Waals surface area contributed by atoms with Gasteiger partial charge in [0.1, 0.15) is 6.10 Å². The van der Waals surface area contributed by atoms with Gasteiger partial charge < -0.3 is 9.84 Å². The standard InChI is InChI=1S/C14H14O2S/c1-9-2-5-13(17-9)14(15)10-3-4-11-7-16-8-12(11)6-10/h2-6,14-15H,7-8H2,1H3. The van der Waals surface area contributed by atoms with E-state index in [4.69, 9.17) is 4.74 Å². The van der Waals surface area contributed by atoms with Crippen LogP contribution in [0.5, 0.6) is 0 Å². The van der Waals surface area contributed by atoms with Crippen molar-refractivity contribution in [3.05, 3.63) is 56.8 Å². The lowest BCUT2D eigenvalue weighted by Gasteiger charge is -2.10. The number of hydrogen-bond donors (Lipinski definition) is 1. The van der Waals surface area contributed by atoms with Gasteiger partial charge >= 0.3 is 0 Å². The SMILES string of the molecule is Cc1ccc(C(O)c2ccc3c(c2)COC3)s1. The van der Waals surface area contributed by atoms with Crippen molar-refractivity contribution >= 4 is 11.3 Å². The summed E-state index contributed by atoms with van der Waals surface area (Å²) in [7, 11) is 0. The average Bonchev–Trinajstić information content (AvgIpc) is 2.95. The van der Waals surface area contributed by atoms with Gasteiger partial charge in [0.25, 0.3) is 0 Å². The maximum atomic E-state index is 10.3. The zero-order valence-corrected chi connectivity index (χ0v) is 10.5. The van der Waals surface area contributed by atoms with E-state index in [2.05, 4.69) is 19.1 Å². The third-order valence-electron chi connectivity index (χ3n) is 3.09. The Hall–Kier alpha value is -1.16. The summed E-state index contributed by atoms with van der Waals surface area (Å²) >= 11 is 1.64. The Morgan fingerprint density at radius 1 is 1.18 bits per heavy atom. The van der Waals surface area contributed by atoms with Gasteiger partial charge in [-0.1, -0.05) is 18.2 Å². The van der Waals surface area contributed by atoms with Gasteiger partial charge in [0.15, 0.2) is 0 Å². The Labute approximate surface area is 104 Å². The molecule has 1 atom stereocenters. The first-order chi connectivity index (χ1) is 8.24. The van der Waals surface area contributed by atoms with E-state index < -0.39 is 6.10 Å². The van der Waals surface area contributed by atoms with Crippen molar-refractivity contribution in [2.24, 2.45) is 0 Å². The average molecular weight is 246 g/mol. The molecule has 0 fully saturated rings. The third kappa shape index (κ3) is 2.02. The van der Waals surface area contributed by atoms with E-state index in [9.17, 15) is 5.11 Å². The van der Waals surface area contributed by atoms with Crippen LogP contribution >= 0.6 is 11.3 Å². The lowest BCUT2D eigenvalue weighted by molar-refractivity contribution is 0.134. The first kappa shape index (κ1) is 11.0. The lowest BCUT2D eigenvalue weighted by atomic mass is 10.0. The minimum Gasteiger partial charge on any atom is -0.383 e. The van der Waals surface area contributed by atoms with Gasteiger partial charge in [-0.15, -0.1) is 11.3 Å². The minimum absolute atomic E-state index is 0.514. The fourth-order valence-electron chi connectivity index (χ4n) is 2.13. The number of aliphatic hydroxyl groups is 1. The molecule has 1 aromatic carbocycles. The molecule has 1 aliphatic heterocycles. The Kier molecular flexibility index (Phi) is 2.74. The summed E-state index contributed by atoms with van der Waals surface area (Å²) in [6.45, 7) is 3.42. The Morgan fingerprint density at radius 3 is 2.76 bits per heavy atom. The fraction of sp³-hybridized carbons (Fsp3) is 0.286. The predicted octanol–water partition coefficient (Wildman–Crippen LogP) is 3.17. The topological polar surface area (TPSA) is 29.5 Å². The molecule has 1 N–H and O–H groups in total. The van der Waals surface area contributed by atoms with E-state index in [1.54, 1.807) is 11.3 Å². The van der Waals surface area contributed by atoms with Crippen LogP contribution in [0, 0.1) is 6.92 Å². The van der Waals surface area contributed by atoms with Crippen LogP contribution in [-0.4, -0.2) is 5.11 Å². The molecule has 2 nitrogen and oxygen atoms in total. The van der Waals surface area contributed by atoms with Crippen molar-refractivity contribution in [2.75, 3.05) is 0 Å². The van der Waals surface area contributed by atoms with Crippen LogP contribution < -0.4 is 0 Å². The molecule has 2 aromatic rings. The monoisotopic (exact) mass is 246 g/mol. The van der Waals surface area contributed by atoms with Crippen LogP contribution in [-0.2, 0) is 18.0 Å². The highest BCUT2D eigenvalue weighted by atomic mass is 32.1. The number of rotatable bonds is 2. The van der Waals surface area contributed by atoms with Crippen LogP contribution in [0.4, 0.5) is 0 Å². The van der Waals surface area contributed by atoms with E-state index in [1.165, 1.54) is 16.0 Å². The Bertz CT molecular complexity index is 545. The molecule has 0 saturated carbocycles. The molecule has 3 heteroatoms. The van der Waals surface area contributed by atoms with Crippen LogP contribution in [0.3, 0.4) is 0 Å². The van der Waals surface area contributed by atoms with Gasteiger partial charge in [-0.05, 0) is 35.7 Å². The molecule has 0 bridgehead atoms. The number of benzene rings is 1. The zero-order chi connectivity index (χ0) is 11.8. The summed E-state index contributed by atoms with van der Waals surface area (Å²) in [5, 5.41) is 10.3. The van der Waals surface area contributed by atoms with E-state index in [0.717, 1.165) is 10.4 Å². The van der Waals surface area contributed by atoms with E-state index in [1.807, 2.05) is 18.2 Å². The summed E-state index contributed by atoms with van der Waals surface area (Å²) in [6, 6.07) is 10.1. The number of thiophene rings is 1. The molecule has 0 radical (unpaired) electrons. The third-order valence-corrected chi connectivity index (χ3v) is 4.14. The highest BCUT2D eigenvalue weighted by molar-refractivity contribution is 7.12. The van der Waals surface area contributed by atoms with E-state index in [-0.39, 0.29) is 0 Å². The van der Waals surface area contributed by atoms with Gasteiger partial charge in [0.05, 0.1) is 13.2 Å². The summed E-state index contributed by atoms with van der Waals surface area (Å²) < 4.78 is 5.38. The van der Waals surface area contributed by atoms with E-state index >= 15 is 0 Å². The van der Waals surface area contributed by atoms with Gasteiger partial charge in [0.2, 0.25) is 0 Å². The molecular formula is C14H14O2S. The number of fused-ring (bicyclic) bond motifs is 1. The van der Waals surface area contributed by atoms with Crippen LogP contribution in [0.2, 0.25) is 0 Å². The van der Waals surface area contributed by atoms with Crippen LogP contribution in [0.25, 0.3) is 0 Å². The van der Waals surface area contributed by atoms with Crippen molar-refractivity contribution in [2.45, 2.75) is 26.2 Å². The molecule has 0 saturated heterocycles. The van der Waals surface area contributed by atoms with Crippen molar-refractivity contribution in [3.63, 3.8) is 0 Å². The van der Waals surface area contributed by atoms with Crippen molar-refractivity contribution < 1.29 is 9.84 Å². The molecule has 0 aliphatic carbocycles. The molecule has 1 unspecified atom stereocenters. The second-order valence-electron chi connectivity index (χ2n) is 4.37. The summed E-state index contributed by atoms with van der Waals surface area (Å²) in [5.41, 5.74) is 3.40. The molecule has 2 heterocycles. The predicted molar refractivity (Wildman–Crippen MR) is 68.1 cm³/mol. The molecular weight excluding hydrogens is 232 g/mol. The quantitative estimate of drug-likeness (QED) is 0.882. The van der Waals surface area contributed by atoms with Gasteiger partial charge in [-0.2, -0.15) is 0 Å². The van der Waals surface area contributed by atoms with Crippen molar-refractivity contribution in [1.82, 2.24) is 0 Å².